The lowest BCUT2D eigenvalue weighted by Gasteiger charge is -2.14. The maximum atomic E-state index is 12.8. The molecule has 10 heteroatoms. The molecule has 7 nitrogen and oxygen atoms in total. The molecule has 0 atom stereocenters. The van der Waals surface area contributed by atoms with Gasteiger partial charge < -0.3 is 14.6 Å². The Morgan fingerprint density at radius 1 is 1.16 bits per heavy atom. The van der Waals surface area contributed by atoms with Gasteiger partial charge in [0.25, 0.3) is 11.1 Å². The van der Waals surface area contributed by atoms with Gasteiger partial charge in [0.1, 0.15) is 0 Å². The van der Waals surface area contributed by atoms with Crippen LogP contribution in [-0.2, 0) is 16.1 Å². The van der Waals surface area contributed by atoms with Crippen LogP contribution in [0.15, 0.2) is 50.2 Å². The van der Waals surface area contributed by atoms with Gasteiger partial charge in [-0.3, -0.25) is 14.5 Å². The first-order valence-electron chi connectivity index (χ1n) is 9.09. The van der Waals surface area contributed by atoms with E-state index < -0.39 is 12.6 Å². The minimum Gasteiger partial charge on any atom is -0.490 e. The summed E-state index contributed by atoms with van der Waals surface area (Å²) >= 11 is 7.58. The van der Waals surface area contributed by atoms with Crippen LogP contribution in [0.1, 0.15) is 18.1 Å². The van der Waals surface area contributed by atoms with Gasteiger partial charge in [-0.25, -0.2) is 4.79 Å². The van der Waals surface area contributed by atoms with Crippen molar-refractivity contribution < 1.29 is 29.0 Å². The molecule has 31 heavy (non-hydrogen) atoms. The standard InChI is InChI=1S/C21H17Br2NO6S/c1-2-29-16-8-13(7-15(23)19(16)30-11-18(25)26)9-17-20(27)24(21(28)31-17)10-12-3-5-14(22)6-4-12/h3-9H,2,10-11H2,1H3,(H,25,26)/b17-9-. The van der Waals surface area contributed by atoms with E-state index in [1.807, 2.05) is 24.3 Å². The van der Waals surface area contributed by atoms with E-state index in [1.165, 1.54) is 4.90 Å². The van der Waals surface area contributed by atoms with Crippen molar-refractivity contribution in [2.45, 2.75) is 13.5 Å². The fourth-order valence-corrected chi connectivity index (χ4v) is 4.45. The number of thioether (sulfide) groups is 1. The van der Waals surface area contributed by atoms with Gasteiger partial charge in [0, 0.05) is 4.47 Å². The minimum atomic E-state index is -1.11. The van der Waals surface area contributed by atoms with Crippen LogP contribution in [0.2, 0.25) is 0 Å². The van der Waals surface area contributed by atoms with Crippen LogP contribution in [0, 0.1) is 0 Å². The van der Waals surface area contributed by atoms with Gasteiger partial charge in [-0.15, -0.1) is 0 Å². The van der Waals surface area contributed by atoms with Crippen LogP contribution in [-0.4, -0.2) is 40.3 Å². The fourth-order valence-electron chi connectivity index (χ4n) is 2.77. The van der Waals surface area contributed by atoms with E-state index in [1.54, 1.807) is 25.1 Å². The molecular weight excluding hydrogens is 554 g/mol. The van der Waals surface area contributed by atoms with Crippen LogP contribution < -0.4 is 9.47 Å². The summed E-state index contributed by atoms with van der Waals surface area (Å²) < 4.78 is 12.3. The zero-order valence-electron chi connectivity index (χ0n) is 16.3. The number of ether oxygens (including phenoxy) is 2. The summed E-state index contributed by atoms with van der Waals surface area (Å²) in [4.78, 5) is 37.5. The summed E-state index contributed by atoms with van der Waals surface area (Å²) in [6, 6.07) is 10.7. The minimum absolute atomic E-state index is 0.186. The Kier molecular flexibility index (Phi) is 7.79. The number of imide groups is 1. The molecule has 0 saturated carbocycles. The second-order valence-electron chi connectivity index (χ2n) is 6.34. The lowest BCUT2D eigenvalue weighted by atomic mass is 10.1. The maximum absolute atomic E-state index is 12.8. The Hall–Kier alpha value is -2.30. The summed E-state index contributed by atoms with van der Waals surface area (Å²) in [5.41, 5.74) is 1.44. The first-order valence-corrected chi connectivity index (χ1v) is 11.5. The van der Waals surface area contributed by atoms with Gasteiger partial charge in [0.05, 0.1) is 22.5 Å². The number of carboxylic acid groups (broad SMARTS) is 1. The number of aliphatic carboxylic acids is 1. The fraction of sp³-hybridized carbons (Fsp3) is 0.190. The van der Waals surface area contributed by atoms with Gasteiger partial charge in [0.15, 0.2) is 18.1 Å². The molecule has 0 spiro atoms. The number of nitrogens with zero attached hydrogens (tertiary/aromatic N) is 1. The highest BCUT2D eigenvalue weighted by Gasteiger charge is 2.35. The number of carboxylic acids is 1. The molecule has 1 N–H and O–H groups in total. The number of benzene rings is 2. The Bertz CT molecular complexity index is 1050. The second-order valence-corrected chi connectivity index (χ2v) is 9.10. The number of carbonyl (C=O) groups is 3. The predicted molar refractivity (Wildman–Crippen MR) is 124 cm³/mol. The molecule has 0 bridgehead atoms. The third-order valence-electron chi connectivity index (χ3n) is 4.10. The van der Waals surface area contributed by atoms with Crippen LogP contribution in [0.3, 0.4) is 0 Å². The van der Waals surface area contributed by atoms with E-state index in [-0.39, 0.29) is 28.3 Å². The lowest BCUT2D eigenvalue weighted by molar-refractivity contribution is -0.139. The molecule has 0 unspecified atom stereocenters. The molecule has 162 valence electrons. The molecule has 1 aliphatic rings. The Labute approximate surface area is 199 Å². The Morgan fingerprint density at radius 2 is 1.87 bits per heavy atom. The van der Waals surface area contributed by atoms with Crippen LogP contribution in [0.4, 0.5) is 4.79 Å². The third kappa shape index (κ3) is 5.90. The number of halogens is 2. The van der Waals surface area contributed by atoms with Crippen molar-refractivity contribution in [3.05, 3.63) is 61.4 Å². The lowest BCUT2D eigenvalue weighted by Crippen LogP contribution is -2.27. The zero-order chi connectivity index (χ0) is 22.5. The smallest absolute Gasteiger partial charge is 0.341 e. The zero-order valence-corrected chi connectivity index (χ0v) is 20.3. The van der Waals surface area contributed by atoms with E-state index in [4.69, 9.17) is 14.6 Å². The summed E-state index contributed by atoms with van der Waals surface area (Å²) in [5, 5.41) is 8.52. The van der Waals surface area contributed by atoms with Crippen molar-refractivity contribution in [1.82, 2.24) is 4.90 Å². The summed E-state index contributed by atoms with van der Waals surface area (Å²) in [7, 11) is 0. The highest BCUT2D eigenvalue weighted by atomic mass is 79.9. The van der Waals surface area contributed by atoms with Crippen LogP contribution in [0.5, 0.6) is 11.5 Å². The second kappa shape index (κ2) is 10.3. The maximum Gasteiger partial charge on any atom is 0.341 e. The van der Waals surface area contributed by atoms with Gasteiger partial charge >= 0.3 is 5.97 Å². The number of hydrogen-bond acceptors (Lipinski definition) is 6. The topological polar surface area (TPSA) is 93.1 Å². The van der Waals surface area contributed by atoms with E-state index in [0.29, 0.717) is 22.4 Å². The van der Waals surface area contributed by atoms with Crippen molar-refractivity contribution in [3.8, 4) is 11.5 Å². The van der Waals surface area contributed by atoms with Crippen molar-refractivity contribution in [2.24, 2.45) is 0 Å². The van der Waals surface area contributed by atoms with Crippen molar-refractivity contribution in [2.75, 3.05) is 13.2 Å². The Morgan fingerprint density at radius 3 is 2.52 bits per heavy atom. The highest BCUT2D eigenvalue weighted by molar-refractivity contribution is 9.10. The molecule has 1 heterocycles. The van der Waals surface area contributed by atoms with E-state index in [2.05, 4.69) is 31.9 Å². The molecule has 1 aliphatic heterocycles. The van der Waals surface area contributed by atoms with E-state index in [0.717, 1.165) is 21.8 Å². The van der Waals surface area contributed by atoms with Crippen molar-refractivity contribution >= 4 is 66.8 Å². The predicted octanol–water partition coefficient (Wildman–Crippen LogP) is 5.31. The summed E-state index contributed by atoms with van der Waals surface area (Å²) in [6.45, 7) is 1.79. The highest BCUT2D eigenvalue weighted by Crippen LogP contribution is 2.39. The number of rotatable bonds is 8. The van der Waals surface area contributed by atoms with E-state index >= 15 is 0 Å². The average molecular weight is 571 g/mol. The number of carbonyl (C=O) groups excluding carboxylic acids is 2. The Balaban J connectivity index is 1.85. The molecule has 2 aromatic carbocycles. The first kappa shape index (κ1) is 23.4. The number of hydrogen-bond donors (Lipinski definition) is 1. The molecule has 2 amide bonds. The first-order chi connectivity index (χ1) is 14.8. The van der Waals surface area contributed by atoms with Gasteiger partial charge in [-0.05, 0) is 76.1 Å². The van der Waals surface area contributed by atoms with Crippen LogP contribution >= 0.6 is 43.6 Å². The summed E-state index contributed by atoms with van der Waals surface area (Å²) in [6.07, 6.45) is 1.60. The van der Waals surface area contributed by atoms with Crippen molar-refractivity contribution in [3.63, 3.8) is 0 Å². The largest absolute Gasteiger partial charge is 0.490 e. The molecule has 2 aromatic rings. The quantitative estimate of drug-likeness (QED) is 0.430. The molecule has 0 aliphatic carbocycles. The summed E-state index contributed by atoms with van der Waals surface area (Å²) in [5.74, 6) is -0.903. The average Bonchev–Trinajstić information content (AvgIpc) is 2.96. The van der Waals surface area contributed by atoms with Crippen molar-refractivity contribution in [1.29, 1.82) is 0 Å². The van der Waals surface area contributed by atoms with E-state index in [9.17, 15) is 14.4 Å². The van der Waals surface area contributed by atoms with Gasteiger partial charge in [0.2, 0.25) is 0 Å². The van der Waals surface area contributed by atoms with Crippen LogP contribution in [0.25, 0.3) is 6.08 Å². The van der Waals surface area contributed by atoms with Gasteiger partial charge in [-0.2, -0.15) is 0 Å². The third-order valence-corrected chi connectivity index (χ3v) is 6.12. The number of amides is 2. The molecular formula is C21H17Br2NO6S. The monoisotopic (exact) mass is 569 g/mol. The van der Waals surface area contributed by atoms with Gasteiger partial charge in [-0.1, -0.05) is 28.1 Å². The SMILES string of the molecule is CCOc1cc(/C=C2\SC(=O)N(Cc3ccc(Br)cc3)C2=O)cc(Br)c1OCC(=O)O. The molecule has 0 aromatic heterocycles. The molecule has 1 saturated heterocycles. The normalized spacial score (nSPS) is 14.9. The molecule has 0 radical (unpaired) electrons. The molecule has 1 fully saturated rings. The molecule has 3 rings (SSSR count).